The lowest BCUT2D eigenvalue weighted by atomic mass is 9.96. The van der Waals surface area contributed by atoms with Crippen LogP contribution < -0.4 is 0 Å². The Balaban J connectivity index is 1.66. The Kier molecular flexibility index (Phi) is 8.58. The van der Waals surface area contributed by atoms with Gasteiger partial charge in [0.15, 0.2) is 0 Å². The number of halogens is 1. The summed E-state index contributed by atoms with van der Waals surface area (Å²) in [6, 6.07) is 7.01. The first-order valence-electron chi connectivity index (χ1n) is 11.2. The molecule has 2 aromatic rings. The van der Waals surface area contributed by atoms with Crippen molar-refractivity contribution in [2.75, 3.05) is 46.8 Å². The average molecular weight is 447 g/mol. The number of carbonyl (C=O) groups excluding carboxylic acids is 1. The van der Waals surface area contributed by atoms with Crippen molar-refractivity contribution in [3.05, 3.63) is 51.7 Å². The van der Waals surface area contributed by atoms with Crippen molar-refractivity contribution in [1.82, 2.24) is 19.7 Å². The van der Waals surface area contributed by atoms with Crippen LogP contribution in [0, 0.1) is 11.7 Å². The summed E-state index contributed by atoms with van der Waals surface area (Å²) in [6.07, 6.45) is 2.16. The van der Waals surface area contributed by atoms with Crippen LogP contribution in [-0.2, 0) is 6.54 Å². The molecule has 1 unspecified atom stereocenters. The Morgan fingerprint density at radius 1 is 1.29 bits per heavy atom. The van der Waals surface area contributed by atoms with E-state index in [1.54, 1.807) is 17.4 Å². The largest absolute Gasteiger partial charge is 0.336 e. The molecule has 1 aliphatic heterocycles. The van der Waals surface area contributed by atoms with Crippen molar-refractivity contribution in [2.45, 2.75) is 39.2 Å². The highest BCUT2D eigenvalue weighted by Gasteiger charge is 2.26. The number of rotatable bonds is 9. The molecule has 0 radical (unpaired) electrons. The van der Waals surface area contributed by atoms with Crippen LogP contribution in [0.15, 0.2) is 29.6 Å². The molecule has 170 valence electrons. The van der Waals surface area contributed by atoms with Crippen molar-refractivity contribution in [1.29, 1.82) is 0 Å². The van der Waals surface area contributed by atoms with Crippen molar-refractivity contribution in [3.8, 4) is 0 Å². The fraction of sp³-hybridized carbons (Fsp3) is 0.583. The van der Waals surface area contributed by atoms with Gasteiger partial charge in [-0.15, -0.1) is 11.3 Å². The summed E-state index contributed by atoms with van der Waals surface area (Å²) < 4.78 is 14.1. The SMILES string of the molecule is CC(C)c1nc(C(=O)N(CCN(C)C)CC2CCCN(Cc3ccccc3F)C2)cs1. The van der Waals surface area contributed by atoms with E-state index in [2.05, 4.69) is 28.6 Å². The van der Waals surface area contributed by atoms with Crippen molar-refractivity contribution < 1.29 is 9.18 Å². The predicted octanol–water partition coefficient (Wildman–Crippen LogP) is 4.32. The van der Waals surface area contributed by atoms with E-state index in [1.165, 1.54) is 6.07 Å². The van der Waals surface area contributed by atoms with Crippen LogP contribution in [0.4, 0.5) is 4.39 Å². The number of benzene rings is 1. The van der Waals surface area contributed by atoms with Gasteiger partial charge in [-0.1, -0.05) is 32.0 Å². The lowest BCUT2D eigenvalue weighted by Gasteiger charge is -2.36. The Morgan fingerprint density at radius 2 is 2.06 bits per heavy atom. The summed E-state index contributed by atoms with van der Waals surface area (Å²) in [5.74, 6) is 0.593. The Bertz CT molecular complexity index is 854. The number of carbonyl (C=O) groups is 1. The molecule has 0 N–H and O–H groups in total. The van der Waals surface area contributed by atoms with Crippen LogP contribution in [-0.4, -0.2) is 72.4 Å². The zero-order valence-electron chi connectivity index (χ0n) is 19.2. The zero-order valence-corrected chi connectivity index (χ0v) is 20.0. The highest BCUT2D eigenvalue weighted by molar-refractivity contribution is 7.09. The molecule has 1 aromatic heterocycles. The molecule has 1 aromatic carbocycles. The molecule has 3 rings (SSSR count). The van der Waals surface area contributed by atoms with Gasteiger partial charge in [0.25, 0.3) is 5.91 Å². The molecule has 0 bridgehead atoms. The third-order valence-electron chi connectivity index (χ3n) is 5.77. The van der Waals surface area contributed by atoms with Crippen LogP contribution in [0.25, 0.3) is 0 Å². The maximum absolute atomic E-state index is 14.1. The van der Waals surface area contributed by atoms with Crippen LogP contribution in [0.5, 0.6) is 0 Å². The lowest BCUT2D eigenvalue weighted by Crippen LogP contribution is -2.44. The van der Waals surface area contributed by atoms with Crippen LogP contribution >= 0.6 is 11.3 Å². The number of aromatic nitrogens is 1. The van der Waals surface area contributed by atoms with Gasteiger partial charge in [-0.2, -0.15) is 0 Å². The van der Waals surface area contributed by atoms with Gasteiger partial charge in [-0.3, -0.25) is 9.69 Å². The standard InChI is InChI=1S/C24H35FN4OS/c1-18(2)23-26-22(17-31-23)24(30)29(13-12-27(3)4)15-19-8-7-11-28(14-19)16-20-9-5-6-10-21(20)25/h5-6,9-10,17-19H,7-8,11-16H2,1-4H3. The second kappa shape index (κ2) is 11.2. The second-order valence-electron chi connectivity index (χ2n) is 9.11. The minimum Gasteiger partial charge on any atom is -0.336 e. The van der Waals surface area contributed by atoms with Gasteiger partial charge in [0.05, 0.1) is 5.01 Å². The monoisotopic (exact) mass is 446 g/mol. The van der Waals surface area contributed by atoms with Gasteiger partial charge in [-0.05, 0) is 45.5 Å². The molecule has 0 saturated carbocycles. The van der Waals surface area contributed by atoms with Gasteiger partial charge in [0.1, 0.15) is 11.5 Å². The van der Waals surface area contributed by atoms with E-state index in [1.807, 2.05) is 36.5 Å². The first-order chi connectivity index (χ1) is 14.8. The molecule has 1 fully saturated rings. The zero-order chi connectivity index (χ0) is 22.4. The third kappa shape index (κ3) is 6.82. The lowest BCUT2D eigenvalue weighted by molar-refractivity contribution is 0.0655. The molecular formula is C24H35FN4OS. The van der Waals surface area contributed by atoms with Crippen LogP contribution in [0.2, 0.25) is 0 Å². The highest BCUT2D eigenvalue weighted by atomic mass is 32.1. The maximum Gasteiger partial charge on any atom is 0.273 e. The number of piperidine rings is 1. The minimum atomic E-state index is -0.142. The van der Waals surface area contributed by atoms with E-state index >= 15 is 0 Å². The molecule has 7 heteroatoms. The number of likely N-dealkylation sites (N-methyl/N-ethyl adjacent to an activating group) is 1. The first kappa shape index (κ1) is 23.8. The highest BCUT2D eigenvalue weighted by Crippen LogP contribution is 2.23. The van der Waals surface area contributed by atoms with Gasteiger partial charge in [-0.25, -0.2) is 9.37 Å². The molecule has 1 aliphatic rings. The second-order valence-corrected chi connectivity index (χ2v) is 10.0. The van der Waals surface area contributed by atoms with Crippen LogP contribution in [0.3, 0.4) is 0 Å². The third-order valence-corrected chi connectivity index (χ3v) is 6.92. The molecular weight excluding hydrogens is 411 g/mol. The van der Waals surface area contributed by atoms with E-state index in [0.29, 0.717) is 30.6 Å². The normalized spacial score (nSPS) is 17.5. The van der Waals surface area contributed by atoms with E-state index in [0.717, 1.165) is 49.6 Å². The van der Waals surface area contributed by atoms with Gasteiger partial charge in [0, 0.05) is 49.6 Å². The minimum absolute atomic E-state index is 0.0243. The van der Waals surface area contributed by atoms with E-state index in [-0.39, 0.29) is 11.7 Å². The summed E-state index contributed by atoms with van der Waals surface area (Å²) in [6.45, 7) is 8.90. The average Bonchev–Trinajstić information content (AvgIpc) is 3.23. The number of amides is 1. The smallest absolute Gasteiger partial charge is 0.273 e. The van der Waals surface area contributed by atoms with Crippen molar-refractivity contribution in [2.24, 2.45) is 5.92 Å². The summed E-state index contributed by atoms with van der Waals surface area (Å²) in [5.41, 5.74) is 1.30. The van der Waals surface area contributed by atoms with Crippen LogP contribution in [0.1, 0.15) is 53.7 Å². The maximum atomic E-state index is 14.1. The topological polar surface area (TPSA) is 39.7 Å². The first-order valence-corrected chi connectivity index (χ1v) is 12.1. The van der Waals surface area contributed by atoms with E-state index in [4.69, 9.17) is 0 Å². The van der Waals surface area contributed by atoms with Gasteiger partial charge < -0.3 is 9.80 Å². The van der Waals surface area contributed by atoms with Gasteiger partial charge >= 0.3 is 0 Å². The quantitative estimate of drug-likeness (QED) is 0.575. The Morgan fingerprint density at radius 3 is 2.74 bits per heavy atom. The molecule has 0 spiro atoms. The van der Waals surface area contributed by atoms with Gasteiger partial charge in [0.2, 0.25) is 0 Å². The Hall–Kier alpha value is -1.83. The molecule has 1 saturated heterocycles. The summed E-state index contributed by atoms with van der Waals surface area (Å²) >= 11 is 1.56. The molecule has 1 amide bonds. The fourth-order valence-electron chi connectivity index (χ4n) is 4.03. The number of nitrogens with zero attached hydrogens (tertiary/aromatic N) is 4. The summed E-state index contributed by atoms with van der Waals surface area (Å²) in [7, 11) is 4.05. The summed E-state index contributed by atoms with van der Waals surface area (Å²) in [5, 5.41) is 2.90. The van der Waals surface area contributed by atoms with E-state index < -0.39 is 0 Å². The summed E-state index contributed by atoms with van der Waals surface area (Å²) in [4.78, 5) is 24.3. The number of hydrogen-bond acceptors (Lipinski definition) is 5. The number of likely N-dealkylation sites (tertiary alicyclic amines) is 1. The fourth-order valence-corrected chi connectivity index (χ4v) is 4.84. The number of thiazole rings is 1. The number of hydrogen-bond donors (Lipinski definition) is 0. The predicted molar refractivity (Wildman–Crippen MR) is 125 cm³/mol. The van der Waals surface area contributed by atoms with E-state index in [9.17, 15) is 9.18 Å². The Labute approximate surface area is 189 Å². The molecule has 2 heterocycles. The molecule has 0 aliphatic carbocycles. The molecule has 5 nitrogen and oxygen atoms in total. The van der Waals surface area contributed by atoms with Crippen molar-refractivity contribution >= 4 is 17.2 Å². The van der Waals surface area contributed by atoms with Crippen molar-refractivity contribution in [3.63, 3.8) is 0 Å². The molecule has 1 atom stereocenters. The molecule has 31 heavy (non-hydrogen) atoms.